The Hall–Kier alpha value is -0.990. The second-order valence-corrected chi connectivity index (χ2v) is 1.16. The molecule has 7 heavy (non-hydrogen) atoms. The normalized spacial score (nSPS) is 12.7. The number of aliphatic hydroxyl groups is 1. The average Bonchev–Trinajstić information content (AvgIpc) is 1.65. The monoisotopic (exact) mass is 100 g/mol. The van der Waals surface area contributed by atoms with Crippen LogP contribution in [0.5, 0.6) is 0 Å². The molecular formula is C4H8N2O. The zero-order valence-electron chi connectivity index (χ0n) is 4.18. The van der Waals surface area contributed by atoms with Crippen molar-refractivity contribution in [3.05, 3.63) is 11.6 Å². The van der Waals surface area contributed by atoms with Crippen LogP contribution in [-0.4, -0.2) is 11.8 Å². The van der Waals surface area contributed by atoms with E-state index in [2.05, 4.69) is 11.7 Å². The number of nitrogens with zero attached hydrogens (tertiary/aromatic N) is 1. The lowest BCUT2D eigenvalue weighted by molar-refractivity contribution is 0.400. The van der Waals surface area contributed by atoms with E-state index in [1.807, 2.05) is 0 Å². The van der Waals surface area contributed by atoms with E-state index >= 15 is 0 Å². The van der Waals surface area contributed by atoms with Gasteiger partial charge in [-0.1, -0.05) is 0 Å². The molecule has 0 rings (SSSR count). The molecule has 0 bridgehead atoms. The molecule has 0 heterocycles. The van der Waals surface area contributed by atoms with Gasteiger partial charge in [-0.25, -0.2) is 4.99 Å². The quantitative estimate of drug-likeness (QED) is 0.370. The minimum Gasteiger partial charge on any atom is -0.492 e. The lowest BCUT2D eigenvalue weighted by atomic mass is 10.5. The first-order valence-electron chi connectivity index (χ1n) is 1.80. The van der Waals surface area contributed by atoms with Gasteiger partial charge in [0.05, 0.1) is 5.70 Å². The second kappa shape index (κ2) is 2.23. The van der Waals surface area contributed by atoms with Gasteiger partial charge in [0.25, 0.3) is 0 Å². The van der Waals surface area contributed by atoms with Gasteiger partial charge in [0.15, 0.2) is 0 Å². The van der Waals surface area contributed by atoms with Crippen molar-refractivity contribution in [2.45, 2.75) is 6.92 Å². The van der Waals surface area contributed by atoms with Crippen molar-refractivity contribution < 1.29 is 5.11 Å². The van der Waals surface area contributed by atoms with Gasteiger partial charge in [-0.2, -0.15) is 0 Å². The third-order valence-corrected chi connectivity index (χ3v) is 0.502. The predicted octanol–water partition coefficient (Wildman–Crippen LogP) is 0.393. The third kappa shape index (κ3) is 1.81. The van der Waals surface area contributed by atoms with Crippen LogP contribution in [0.25, 0.3) is 0 Å². The molecule has 40 valence electrons. The highest BCUT2D eigenvalue weighted by Crippen LogP contribution is 1.90. The number of hydrogen-bond donors (Lipinski definition) is 2. The fourth-order valence-corrected chi connectivity index (χ4v) is 0.125. The number of hydrogen-bond acceptors (Lipinski definition) is 3. The Morgan fingerprint density at radius 2 is 2.29 bits per heavy atom. The fourth-order valence-electron chi connectivity index (χ4n) is 0.125. The molecule has 0 atom stereocenters. The number of rotatable bonds is 1. The van der Waals surface area contributed by atoms with Crippen LogP contribution in [0.4, 0.5) is 0 Å². The topological polar surface area (TPSA) is 58.6 Å². The van der Waals surface area contributed by atoms with Crippen LogP contribution >= 0.6 is 0 Å². The van der Waals surface area contributed by atoms with Gasteiger partial charge in [-0.05, 0) is 13.6 Å². The Labute approximate surface area is 42.2 Å². The maximum atomic E-state index is 8.46. The summed E-state index contributed by atoms with van der Waals surface area (Å²) in [5, 5.41) is 8.46. The predicted molar refractivity (Wildman–Crippen MR) is 29.1 cm³/mol. The molecule has 0 aromatic carbocycles. The first-order valence-corrected chi connectivity index (χ1v) is 1.80. The molecule has 3 N–H and O–H groups in total. The summed E-state index contributed by atoms with van der Waals surface area (Å²) in [4.78, 5) is 3.15. The summed E-state index contributed by atoms with van der Waals surface area (Å²) >= 11 is 0. The van der Waals surface area contributed by atoms with Gasteiger partial charge in [0.1, 0.15) is 0 Å². The van der Waals surface area contributed by atoms with Crippen LogP contribution in [0.3, 0.4) is 0 Å². The number of nitrogens with two attached hydrogens (primary N) is 1. The molecule has 0 radical (unpaired) electrons. The summed E-state index contributed by atoms with van der Waals surface area (Å²) in [7, 11) is 0. The van der Waals surface area contributed by atoms with E-state index in [0.29, 0.717) is 0 Å². The molecule has 0 saturated carbocycles. The van der Waals surface area contributed by atoms with Crippen molar-refractivity contribution in [3.8, 4) is 0 Å². The van der Waals surface area contributed by atoms with E-state index in [-0.39, 0.29) is 11.6 Å². The summed E-state index contributed by atoms with van der Waals surface area (Å²) in [6.07, 6.45) is 0. The highest BCUT2D eigenvalue weighted by molar-refractivity contribution is 5.27. The molecular weight excluding hydrogens is 92.1 g/mol. The zero-order valence-corrected chi connectivity index (χ0v) is 4.18. The van der Waals surface area contributed by atoms with Crippen LogP contribution in [-0.2, 0) is 0 Å². The molecule has 0 aliphatic carbocycles. The fraction of sp³-hybridized carbons (Fsp3) is 0.250. The molecule has 0 unspecified atom stereocenters. The van der Waals surface area contributed by atoms with E-state index in [1.165, 1.54) is 0 Å². The van der Waals surface area contributed by atoms with Crippen LogP contribution in [0.1, 0.15) is 6.92 Å². The summed E-state index contributed by atoms with van der Waals surface area (Å²) < 4.78 is 0. The first kappa shape index (κ1) is 6.01. The molecule has 3 heteroatoms. The lowest BCUT2D eigenvalue weighted by Crippen LogP contribution is -1.94. The summed E-state index contributed by atoms with van der Waals surface area (Å²) in [5.74, 6) is -0.194. The van der Waals surface area contributed by atoms with Crippen molar-refractivity contribution in [2.24, 2.45) is 10.7 Å². The highest BCUT2D eigenvalue weighted by Gasteiger charge is 1.85. The largest absolute Gasteiger partial charge is 0.492 e. The SMILES string of the molecule is C=N/C(O)=C(\C)N. The second-order valence-electron chi connectivity index (χ2n) is 1.16. The Morgan fingerprint density at radius 3 is 2.29 bits per heavy atom. The average molecular weight is 100 g/mol. The van der Waals surface area contributed by atoms with Crippen molar-refractivity contribution >= 4 is 6.72 Å². The molecule has 0 aromatic rings. The minimum absolute atomic E-state index is 0.194. The van der Waals surface area contributed by atoms with Crippen molar-refractivity contribution in [1.29, 1.82) is 0 Å². The summed E-state index contributed by atoms with van der Waals surface area (Å²) in [6.45, 7) is 4.59. The molecule has 3 nitrogen and oxygen atoms in total. The van der Waals surface area contributed by atoms with Crippen LogP contribution < -0.4 is 5.73 Å². The van der Waals surface area contributed by atoms with Gasteiger partial charge >= 0.3 is 0 Å². The van der Waals surface area contributed by atoms with E-state index < -0.39 is 0 Å². The van der Waals surface area contributed by atoms with Crippen molar-refractivity contribution in [3.63, 3.8) is 0 Å². The van der Waals surface area contributed by atoms with Gasteiger partial charge in [0, 0.05) is 0 Å². The first-order chi connectivity index (χ1) is 3.18. The zero-order chi connectivity index (χ0) is 5.86. The number of aliphatic hydroxyl groups excluding tert-OH is 1. The Balaban J connectivity index is 3.98. The highest BCUT2D eigenvalue weighted by atomic mass is 16.3. The molecule has 0 aromatic heterocycles. The smallest absolute Gasteiger partial charge is 0.229 e. The van der Waals surface area contributed by atoms with Crippen LogP contribution in [0, 0.1) is 0 Å². The van der Waals surface area contributed by atoms with Crippen LogP contribution in [0.2, 0.25) is 0 Å². The maximum absolute atomic E-state index is 8.46. The van der Waals surface area contributed by atoms with Gasteiger partial charge in [0.2, 0.25) is 5.88 Å². The Kier molecular flexibility index (Phi) is 1.91. The lowest BCUT2D eigenvalue weighted by Gasteiger charge is -1.88. The van der Waals surface area contributed by atoms with E-state index in [4.69, 9.17) is 10.8 Å². The molecule has 0 spiro atoms. The number of allylic oxidation sites excluding steroid dienone is 1. The summed E-state index contributed by atoms with van der Waals surface area (Å²) in [6, 6.07) is 0. The standard InChI is InChI=1S/C4H8N2O/c1-3(5)4(7)6-2/h7H,2,5H2,1H3/b4-3-. The molecule has 0 saturated heterocycles. The van der Waals surface area contributed by atoms with Crippen molar-refractivity contribution in [1.82, 2.24) is 0 Å². The van der Waals surface area contributed by atoms with Gasteiger partial charge in [-0.15, -0.1) is 0 Å². The molecule has 0 aliphatic rings. The minimum atomic E-state index is -0.194. The Bertz CT molecular complexity index is 102. The molecule has 0 aliphatic heterocycles. The molecule has 0 amide bonds. The van der Waals surface area contributed by atoms with E-state index in [9.17, 15) is 0 Å². The van der Waals surface area contributed by atoms with Crippen LogP contribution in [0.15, 0.2) is 16.6 Å². The van der Waals surface area contributed by atoms with Crippen molar-refractivity contribution in [2.75, 3.05) is 0 Å². The van der Waals surface area contributed by atoms with Gasteiger partial charge in [-0.3, -0.25) is 0 Å². The number of aliphatic imine (C=N–C) groups is 1. The Morgan fingerprint density at radius 1 is 1.86 bits per heavy atom. The molecule has 0 fully saturated rings. The van der Waals surface area contributed by atoms with E-state index in [1.54, 1.807) is 6.92 Å². The maximum Gasteiger partial charge on any atom is 0.229 e. The summed E-state index contributed by atoms with van der Waals surface area (Å²) in [5.41, 5.74) is 5.33. The van der Waals surface area contributed by atoms with E-state index in [0.717, 1.165) is 0 Å². The third-order valence-electron chi connectivity index (χ3n) is 0.502. The van der Waals surface area contributed by atoms with Gasteiger partial charge < -0.3 is 10.8 Å².